The number of hydrogen-bond donors (Lipinski definition) is 1. The molecule has 4 nitrogen and oxygen atoms in total. The molecule has 3 rings (SSSR count). The van der Waals surface area contributed by atoms with E-state index in [0.29, 0.717) is 18.4 Å². The monoisotopic (exact) mass is 233 g/mol. The molecule has 0 aromatic heterocycles. The Morgan fingerprint density at radius 2 is 2.00 bits per heavy atom. The van der Waals surface area contributed by atoms with Gasteiger partial charge in [-0.2, -0.15) is 0 Å². The molecule has 90 valence electrons. The van der Waals surface area contributed by atoms with Crippen LogP contribution in [0.5, 0.6) is 0 Å². The summed E-state index contributed by atoms with van der Waals surface area (Å²) in [7, 11) is 0. The normalized spacial score (nSPS) is 29.5. The molecule has 2 fully saturated rings. The topological polar surface area (TPSA) is 47.6 Å². The third-order valence-electron chi connectivity index (χ3n) is 3.45. The van der Waals surface area contributed by atoms with E-state index in [1.165, 1.54) is 0 Å². The molecule has 0 radical (unpaired) electrons. The summed E-state index contributed by atoms with van der Waals surface area (Å²) in [6.45, 7) is 1.87. The SMILES string of the molecule is O=C(NC1C2COCC21)OCc1ccccc1. The smallest absolute Gasteiger partial charge is 0.407 e. The van der Waals surface area contributed by atoms with E-state index in [2.05, 4.69) is 5.32 Å². The van der Waals surface area contributed by atoms with Crippen molar-refractivity contribution in [2.45, 2.75) is 12.6 Å². The van der Waals surface area contributed by atoms with E-state index in [4.69, 9.17) is 9.47 Å². The summed E-state index contributed by atoms with van der Waals surface area (Å²) < 4.78 is 10.4. The lowest BCUT2D eigenvalue weighted by molar-refractivity contribution is 0.128. The van der Waals surface area contributed by atoms with Crippen LogP contribution in [-0.4, -0.2) is 25.3 Å². The number of nitrogens with one attached hydrogen (secondary N) is 1. The van der Waals surface area contributed by atoms with Gasteiger partial charge in [-0.3, -0.25) is 0 Å². The molecule has 0 bridgehead atoms. The third-order valence-corrected chi connectivity index (χ3v) is 3.45. The van der Waals surface area contributed by atoms with Gasteiger partial charge >= 0.3 is 6.09 Å². The fourth-order valence-electron chi connectivity index (χ4n) is 2.35. The van der Waals surface area contributed by atoms with Gasteiger partial charge in [0, 0.05) is 17.9 Å². The summed E-state index contributed by atoms with van der Waals surface area (Å²) in [4.78, 5) is 11.5. The van der Waals surface area contributed by atoms with Gasteiger partial charge in [-0.25, -0.2) is 4.79 Å². The zero-order valence-corrected chi connectivity index (χ0v) is 9.46. The van der Waals surface area contributed by atoms with Crippen LogP contribution in [0.15, 0.2) is 30.3 Å². The molecule has 1 aliphatic carbocycles. The Morgan fingerprint density at radius 1 is 1.29 bits per heavy atom. The molecule has 1 amide bonds. The number of benzene rings is 1. The van der Waals surface area contributed by atoms with Crippen LogP contribution >= 0.6 is 0 Å². The minimum Gasteiger partial charge on any atom is -0.445 e. The molecule has 1 saturated carbocycles. The first-order valence-corrected chi connectivity index (χ1v) is 5.89. The number of carbonyl (C=O) groups is 1. The summed E-state index contributed by atoms with van der Waals surface area (Å²) in [5.41, 5.74) is 1.00. The summed E-state index contributed by atoms with van der Waals surface area (Å²) in [6, 6.07) is 9.94. The summed E-state index contributed by atoms with van der Waals surface area (Å²) in [5, 5.41) is 2.88. The highest BCUT2D eigenvalue weighted by atomic mass is 16.5. The Morgan fingerprint density at radius 3 is 2.71 bits per heavy atom. The number of alkyl carbamates (subject to hydrolysis) is 1. The first kappa shape index (κ1) is 10.6. The number of ether oxygens (including phenoxy) is 2. The summed E-state index contributed by atoms with van der Waals surface area (Å²) in [5.74, 6) is 1.03. The Labute approximate surface area is 99.9 Å². The first-order chi connectivity index (χ1) is 8.34. The van der Waals surface area contributed by atoms with Gasteiger partial charge in [0.15, 0.2) is 0 Å². The molecule has 2 atom stereocenters. The van der Waals surface area contributed by atoms with Crippen LogP contribution in [0.2, 0.25) is 0 Å². The van der Waals surface area contributed by atoms with Crippen molar-refractivity contribution in [2.75, 3.05) is 13.2 Å². The van der Waals surface area contributed by atoms with Crippen molar-refractivity contribution in [2.24, 2.45) is 11.8 Å². The van der Waals surface area contributed by atoms with E-state index in [9.17, 15) is 4.79 Å². The van der Waals surface area contributed by atoms with Crippen LogP contribution in [0.4, 0.5) is 4.79 Å². The van der Waals surface area contributed by atoms with Crippen molar-refractivity contribution in [1.29, 1.82) is 0 Å². The Hall–Kier alpha value is -1.55. The van der Waals surface area contributed by atoms with Gasteiger partial charge in [0.1, 0.15) is 6.61 Å². The minimum absolute atomic E-state index is 0.270. The lowest BCUT2D eigenvalue weighted by Gasteiger charge is -2.08. The van der Waals surface area contributed by atoms with Gasteiger partial charge in [0.05, 0.1) is 13.2 Å². The minimum atomic E-state index is -0.326. The lowest BCUT2D eigenvalue weighted by Crippen LogP contribution is -2.30. The lowest BCUT2D eigenvalue weighted by atomic mass is 10.2. The Balaban J connectivity index is 1.42. The molecular formula is C13H15NO3. The van der Waals surface area contributed by atoms with E-state index in [-0.39, 0.29) is 12.1 Å². The van der Waals surface area contributed by atoms with Crippen molar-refractivity contribution in [3.05, 3.63) is 35.9 Å². The molecule has 0 spiro atoms. The largest absolute Gasteiger partial charge is 0.445 e. The highest BCUT2D eigenvalue weighted by Gasteiger charge is 2.55. The van der Waals surface area contributed by atoms with Gasteiger partial charge in [-0.15, -0.1) is 0 Å². The average Bonchev–Trinajstić information content (AvgIpc) is 2.79. The van der Waals surface area contributed by atoms with E-state index in [1.54, 1.807) is 0 Å². The van der Waals surface area contributed by atoms with Crippen LogP contribution in [0.25, 0.3) is 0 Å². The molecule has 2 unspecified atom stereocenters. The summed E-state index contributed by atoms with van der Waals surface area (Å²) >= 11 is 0. The fraction of sp³-hybridized carbons (Fsp3) is 0.462. The van der Waals surface area contributed by atoms with Gasteiger partial charge in [0.25, 0.3) is 0 Å². The van der Waals surface area contributed by atoms with E-state index < -0.39 is 0 Å². The molecule has 1 heterocycles. The quantitative estimate of drug-likeness (QED) is 0.861. The van der Waals surface area contributed by atoms with Gasteiger partial charge in [-0.1, -0.05) is 30.3 Å². The molecule has 17 heavy (non-hydrogen) atoms. The van der Waals surface area contributed by atoms with E-state index >= 15 is 0 Å². The van der Waals surface area contributed by atoms with Crippen LogP contribution in [0.3, 0.4) is 0 Å². The highest BCUT2D eigenvalue weighted by molar-refractivity contribution is 5.68. The molecule has 4 heteroatoms. The zero-order chi connectivity index (χ0) is 11.7. The van der Waals surface area contributed by atoms with Gasteiger partial charge in [0.2, 0.25) is 0 Å². The molecule has 1 saturated heterocycles. The van der Waals surface area contributed by atoms with Crippen molar-refractivity contribution < 1.29 is 14.3 Å². The first-order valence-electron chi connectivity index (χ1n) is 5.89. The highest BCUT2D eigenvalue weighted by Crippen LogP contribution is 2.44. The number of amides is 1. The zero-order valence-electron chi connectivity index (χ0n) is 9.46. The maximum Gasteiger partial charge on any atom is 0.407 e. The second-order valence-corrected chi connectivity index (χ2v) is 4.60. The van der Waals surface area contributed by atoms with Crippen LogP contribution in [0.1, 0.15) is 5.56 Å². The molecule has 2 aliphatic rings. The predicted molar refractivity (Wildman–Crippen MR) is 61.3 cm³/mol. The third kappa shape index (κ3) is 2.26. The second-order valence-electron chi connectivity index (χ2n) is 4.60. The molecular weight excluding hydrogens is 218 g/mol. The second kappa shape index (κ2) is 4.37. The number of carbonyl (C=O) groups excluding carboxylic acids is 1. The maximum atomic E-state index is 11.5. The van der Waals surface area contributed by atoms with Crippen molar-refractivity contribution in [3.63, 3.8) is 0 Å². The average molecular weight is 233 g/mol. The standard InChI is InChI=1S/C13H15NO3/c15-13(14-12-10-7-16-8-11(10)12)17-6-9-4-2-1-3-5-9/h1-5,10-12H,6-8H2,(H,14,15). The van der Waals surface area contributed by atoms with E-state index in [0.717, 1.165) is 18.8 Å². The van der Waals surface area contributed by atoms with Crippen molar-refractivity contribution in [3.8, 4) is 0 Å². The van der Waals surface area contributed by atoms with Crippen LogP contribution < -0.4 is 5.32 Å². The maximum absolute atomic E-state index is 11.5. The van der Waals surface area contributed by atoms with Crippen molar-refractivity contribution >= 4 is 6.09 Å². The van der Waals surface area contributed by atoms with Crippen molar-refractivity contribution in [1.82, 2.24) is 5.32 Å². The van der Waals surface area contributed by atoms with Crippen LogP contribution in [0, 0.1) is 11.8 Å². The molecule has 1 N–H and O–H groups in total. The Bertz CT molecular complexity index is 396. The van der Waals surface area contributed by atoms with Crippen LogP contribution in [-0.2, 0) is 16.1 Å². The Kier molecular flexibility index (Phi) is 2.73. The number of fused-ring (bicyclic) bond motifs is 1. The van der Waals surface area contributed by atoms with Gasteiger partial charge in [-0.05, 0) is 5.56 Å². The summed E-state index contributed by atoms with van der Waals surface area (Å²) in [6.07, 6.45) is -0.326. The molecule has 1 aliphatic heterocycles. The molecule has 1 aromatic carbocycles. The number of hydrogen-bond acceptors (Lipinski definition) is 3. The predicted octanol–water partition coefficient (Wildman–Crippen LogP) is 1.56. The van der Waals surface area contributed by atoms with Gasteiger partial charge < -0.3 is 14.8 Å². The number of rotatable bonds is 3. The van der Waals surface area contributed by atoms with E-state index in [1.807, 2.05) is 30.3 Å². The molecule has 1 aromatic rings. The fourth-order valence-corrected chi connectivity index (χ4v) is 2.35.